The van der Waals surface area contributed by atoms with E-state index in [1.54, 1.807) is 60.7 Å². The molecule has 6 nitrogen and oxygen atoms in total. The number of aliphatic hydroxyl groups is 1. The lowest BCUT2D eigenvalue weighted by atomic mass is 10.0. The minimum atomic E-state index is -4.12. The molecule has 3 aromatic rings. The second kappa shape index (κ2) is 6.14. The van der Waals surface area contributed by atoms with Gasteiger partial charge in [0.2, 0.25) is 0 Å². The van der Waals surface area contributed by atoms with E-state index in [-0.39, 0.29) is 17.0 Å². The van der Waals surface area contributed by atoms with Gasteiger partial charge in [-0.1, -0.05) is 60.7 Å². The fourth-order valence-electron chi connectivity index (χ4n) is 3.34. The van der Waals surface area contributed by atoms with Crippen molar-refractivity contribution in [2.45, 2.75) is 11.4 Å². The van der Waals surface area contributed by atoms with Gasteiger partial charge in [-0.3, -0.25) is 9.10 Å². The van der Waals surface area contributed by atoms with Gasteiger partial charge in [0.25, 0.3) is 15.9 Å². The van der Waals surface area contributed by atoms with Crippen LogP contribution >= 0.6 is 0 Å². The van der Waals surface area contributed by atoms with Gasteiger partial charge in [0, 0.05) is 10.9 Å². The van der Waals surface area contributed by atoms with Gasteiger partial charge in [-0.2, -0.15) is 0 Å². The average Bonchev–Trinajstić information content (AvgIpc) is 2.66. The lowest BCUT2D eigenvalue weighted by Gasteiger charge is -2.31. The molecule has 1 amide bonds. The molecule has 0 unspecified atom stereocenters. The molecular formula is C20H16N2O4S. The number of rotatable bonds is 3. The predicted molar refractivity (Wildman–Crippen MR) is 102 cm³/mol. The fraction of sp³-hybridized carbons (Fsp3) is 0.0500. The van der Waals surface area contributed by atoms with Crippen molar-refractivity contribution in [3.8, 4) is 0 Å². The van der Waals surface area contributed by atoms with Gasteiger partial charge in [-0.05, 0) is 17.0 Å². The molecular weight excluding hydrogens is 364 g/mol. The van der Waals surface area contributed by atoms with Gasteiger partial charge in [-0.25, -0.2) is 8.42 Å². The zero-order chi connectivity index (χ0) is 19.2. The highest BCUT2D eigenvalue weighted by molar-refractivity contribution is 7.89. The van der Waals surface area contributed by atoms with E-state index in [4.69, 9.17) is 5.73 Å². The van der Waals surface area contributed by atoms with Crippen LogP contribution in [0.15, 0.2) is 77.3 Å². The Labute approximate surface area is 156 Å². The second-order valence-corrected chi connectivity index (χ2v) is 8.02. The van der Waals surface area contributed by atoms with Crippen LogP contribution in [-0.2, 0) is 21.4 Å². The highest BCUT2D eigenvalue weighted by Gasteiger charge is 2.40. The lowest BCUT2D eigenvalue weighted by molar-refractivity contribution is -0.115. The smallest absolute Gasteiger partial charge is 0.269 e. The molecule has 0 bridgehead atoms. The van der Waals surface area contributed by atoms with Crippen molar-refractivity contribution in [1.82, 2.24) is 4.31 Å². The van der Waals surface area contributed by atoms with Crippen molar-refractivity contribution in [3.05, 3.63) is 83.6 Å². The quantitative estimate of drug-likeness (QED) is 0.729. The van der Waals surface area contributed by atoms with Crippen LogP contribution < -0.4 is 5.73 Å². The molecule has 0 spiro atoms. The van der Waals surface area contributed by atoms with E-state index >= 15 is 0 Å². The van der Waals surface area contributed by atoms with E-state index < -0.39 is 27.4 Å². The summed E-state index contributed by atoms with van der Waals surface area (Å²) in [5.41, 5.74) is 5.74. The molecule has 1 aliphatic rings. The summed E-state index contributed by atoms with van der Waals surface area (Å²) in [5.74, 6) is -1.44. The maximum absolute atomic E-state index is 13.5. The number of amides is 1. The van der Waals surface area contributed by atoms with E-state index in [9.17, 15) is 18.3 Å². The first-order valence-corrected chi connectivity index (χ1v) is 9.67. The van der Waals surface area contributed by atoms with Gasteiger partial charge in [0.05, 0.1) is 6.54 Å². The van der Waals surface area contributed by atoms with Crippen molar-refractivity contribution in [2.75, 3.05) is 0 Å². The normalized spacial score (nSPS) is 15.6. The molecule has 1 aliphatic heterocycles. The summed E-state index contributed by atoms with van der Waals surface area (Å²) in [7, 11) is -4.12. The standard InChI is InChI=1S/C20H16N2O4S/c21-20(24)17-18(23)16-11-10-14-8-4-5-9-15(14)19(16)27(25,26)22(17)12-13-6-2-1-3-7-13/h1-11,23H,12H2,(H2,21,24). The molecule has 0 atom stereocenters. The SMILES string of the molecule is NC(=O)C1=C(O)c2ccc3ccccc3c2S(=O)(=O)N1Cc1ccccc1. The van der Waals surface area contributed by atoms with Crippen molar-refractivity contribution in [2.24, 2.45) is 5.73 Å². The fourth-order valence-corrected chi connectivity index (χ4v) is 5.20. The maximum Gasteiger partial charge on any atom is 0.269 e. The molecule has 0 radical (unpaired) electrons. The number of nitrogens with two attached hydrogens (primary N) is 1. The van der Waals surface area contributed by atoms with Crippen LogP contribution in [0.2, 0.25) is 0 Å². The Kier molecular flexibility index (Phi) is 3.89. The number of nitrogens with zero attached hydrogens (tertiary/aromatic N) is 1. The Hall–Kier alpha value is -3.32. The maximum atomic E-state index is 13.5. The molecule has 3 N–H and O–H groups in total. The van der Waals surface area contributed by atoms with Crippen LogP contribution in [0.25, 0.3) is 16.5 Å². The molecule has 0 aliphatic carbocycles. The van der Waals surface area contributed by atoms with E-state index in [1.165, 1.54) is 6.07 Å². The Morgan fingerprint density at radius 1 is 0.963 bits per heavy atom. The van der Waals surface area contributed by atoms with Crippen LogP contribution in [0, 0.1) is 0 Å². The summed E-state index contributed by atoms with van der Waals surface area (Å²) in [5, 5.41) is 11.9. The van der Waals surface area contributed by atoms with Crippen molar-refractivity contribution >= 4 is 32.5 Å². The Morgan fingerprint density at radius 3 is 2.33 bits per heavy atom. The van der Waals surface area contributed by atoms with Gasteiger partial charge in [-0.15, -0.1) is 0 Å². The van der Waals surface area contributed by atoms with E-state index in [0.717, 1.165) is 9.69 Å². The highest BCUT2D eigenvalue weighted by Crippen LogP contribution is 2.40. The van der Waals surface area contributed by atoms with Gasteiger partial charge in [0.15, 0.2) is 11.5 Å². The summed E-state index contributed by atoms with van der Waals surface area (Å²) in [6.07, 6.45) is 0. The number of sulfonamides is 1. The Bertz CT molecular complexity index is 1200. The number of hydrogen-bond acceptors (Lipinski definition) is 4. The van der Waals surface area contributed by atoms with Crippen molar-refractivity contribution < 1.29 is 18.3 Å². The van der Waals surface area contributed by atoms with Gasteiger partial charge in [0.1, 0.15) is 4.90 Å². The highest BCUT2D eigenvalue weighted by atomic mass is 32.2. The summed E-state index contributed by atoms with van der Waals surface area (Å²) in [6, 6.07) is 19.0. The van der Waals surface area contributed by atoms with Gasteiger partial charge < -0.3 is 10.8 Å². The molecule has 1 heterocycles. The third kappa shape index (κ3) is 2.63. The van der Waals surface area contributed by atoms with Crippen molar-refractivity contribution in [3.63, 3.8) is 0 Å². The first-order chi connectivity index (χ1) is 12.9. The number of hydrogen-bond donors (Lipinski definition) is 2. The molecule has 0 fully saturated rings. The predicted octanol–water partition coefficient (Wildman–Crippen LogP) is 2.76. The Morgan fingerprint density at radius 2 is 1.63 bits per heavy atom. The largest absolute Gasteiger partial charge is 0.505 e. The average molecular weight is 380 g/mol. The minimum absolute atomic E-state index is 0.0287. The third-order valence-electron chi connectivity index (χ3n) is 4.56. The Balaban J connectivity index is 2.03. The molecule has 0 saturated heterocycles. The minimum Gasteiger partial charge on any atom is -0.505 e. The second-order valence-electron chi connectivity index (χ2n) is 6.22. The van der Waals surface area contributed by atoms with Crippen LogP contribution in [0.4, 0.5) is 0 Å². The zero-order valence-electron chi connectivity index (χ0n) is 14.2. The first kappa shape index (κ1) is 17.1. The molecule has 27 heavy (non-hydrogen) atoms. The molecule has 3 aromatic carbocycles. The molecule has 0 aromatic heterocycles. The summed E-state index contributed by atoms with van der Waals surface area (Å²) in [4.78, 5) is 12.0. The number of fused-ring (bicyclic) bond motifs is 3. The number of carbonyl (C=O) groups is 1. The van der Waals surface area contributed by atoms with Crippen LogP contribution in [-0.4, -0.2) is 23.7 Å². The lowest BCUT2D eigenvalue weighted by Crippen LogP contribution is -2.40. The number of primary amides is 1. The number of carbonyl (C=O) groups excluding carboxylic acids is 1. The van der Waals surface area contributed by atoms with Crippen LogP contribution in [0.3, 0.4) is 0 Å². The molecule has 0 saturated carbocycles. The summed E-state index contributed by atoms with van der Waals surface area (Å²) < 4.78 is 27.8. The molecule has 7 heteroatoms. The summed E-state index contributed by atoms with van der Waals surface area (Å²) >= 11 is 0. The summed E-state index contributed by atoms with van der Waals surface area (Å²) in [6.45, 7) is -0.117. The van der Waals surface area contributed by atoms with Gasteiger partial charge >= 0.3 is 0 Å². The molecule has 136 valence electrons. The third-order valence-corrected chi connectivity index (χ3v) is 6.41. The topological polar surface area (TPSA) is 101 Å². The van der Waals surface area contributed by atoms with Crippen LogP contribution in [0.5, 0.6) is 0 Å². The van der Waals surface area contributed by atoms with Crippen LogP contribution in [0.1, 0.15) is 11.1 Å². The van der Waals surface area contributed by atoms with E-state index in [0.29, 0.717) is 10.9 Å². The first-order valence-electron chi connectivity index (χ1n) is 8.23. The van der Waals surface area contributed by atoms with E-state index in [1.807, 2.05) is 0 Å². The van der Waals surface area contributed by atoms with E-state index in [2.05, 4.69) is 0 Å². The molecule has 4 rings (SSSR count). The monoisotopic (exact) mass is 380 g/mol. The zero-order valence-corrected chi connectivity index (χ0v) is 15.0. The number of benzene rings is 3. The van der Waals surface area contributed by atoms with Crippen molar-refractivity contribution in [1.29, 1.82) is 0 Å². The number of aliphatic hydroxyl groups excluding tert-OH is 1.